The van der Waals surface area contributed by atoms with Crippen molar-refractivity contribution in [2.45, 2.75) is 38.8 Å². The largest absolute Gasteiger partial charge is 0.458 e. The van der Waals surface area contributed by atoms with E-state index in [1.54, 1.807) is 37.4 Å². The van der Waals surface area contributed by atoms with Gasteiger partial charge < -0.3 is 14.8 Å². The van der Waals surface area contributed by atoms with Gasteiger partial charge in [0.25, 0.3) is 15.9 Å². The summed E-state index contributed by atoms with van der Waals surface area (Å²) in [5, 5.41) is 2.59. The number of carbonyl (C=O) groups excluding carboxylic acids is 2. The Morgan fingerprint density at radius 1 is 1.20 bits per heavy atom. The quantitative estimate of drug-likeness (QED) is 0.225. The highest BCUT2D eigenvalue weighted by atomic mass is 79.9. The van der Waals surface area contributed by atoms with Gasteiger partial charge in [-0.1, -0.05) is 29.3 Å². The van der Waals surface area contributed by atoms with Crippen LogP contribution in [0.15, 0.2) is 70.0 Å². The van der Waals surface area contributed by atoms with Gasteiger partial charge in [-0.25, -0.2) is 17.6 Å². The highest BCUT2D eigenvalue weighted by molar-refractivity contribution is 9.10. The lowest BCUT2D eigenvalue weighted by Gasteiger charge is -2.25. The van der Waals surface area contributed by atoms with Crippen LogP contribution in [0.4, 0.5) is 10.1 Å². The predicted octanol–water partition coefficient (Wildman–Crippen LogP) is 6.04. The standard InChI is InChI=1S/C26H24BrCl2FN4O5S2/c1-26(2,3)39-25(36)21(10-14-6-7-19(30)16(27)9-14)32-24(35)15-11-17(28)18(29)12-20(15)33-41(37,38)23-5-4-8-34-22(23)13-31-40-34/h4-9,11-13,21,31,33H,10H2,1-3H3,(H,32,35)/t21-/m0/s1. The van der Waals surface area contributed by atoms with Crippen molar-refractivity contribution >= 4 is 78.9 Å². The Labute approximate surface area is 259 Å². The lowest BCUT2D eigenvalue weighted by atomic mass is 10.0. The molecule has 3 N–H and O–H groups in total. The van der Waals surface area contributed by atoms with E-state index in [2.05, 4.69) is 30.7 Å². The van der Waals surface area contributed by atoms with Gasteiger partial charge in [0, 0.05) is 18.8 Å². The van der Waals surface area contributed by atoms with Crippen LogP contribution >= 0.6 is 51.3 Å². The summed E-state index contributed by atoms with van der Waals surface area (Å²) >= 11 is 16.7. The number of nitrogens with zero attached hydrogens (tertiary/aromatic N) is 1. The highest BCUT2D eigenvalue weighted by Crippen LogP contribution is 2.36. The molecular formula is C26H24BrCl2FN4O5S2. The van der Waals surface area contributed by atoms with E-state index in [1.807, 2.05) is 0 Å². The third-order valence-corrected chi connectivity index (χ3v) is 9.05. The van der Waals surface area contributed by atoms with E-state index in [4.69, 9.17) is 27.9 Å². The fourth-order valence-electron chi connectivity index (χ4n) is 3.79. The van der Waals surface area contributed by atoms with E-state index in [1.165, 1.54) is 54.7 Å². The van der Waals surface area contributed by atoms with Gasteiger partial charge in [0.05, 0.1) is 43.6 Å². The van der Waals surface area contributed by atoms with Gasteiger partial charge in [0.15, 0.2) is 0 Å². The van der Waals surface area contributed by atoms with Gasteiger partial charge in [0.1, 0.15) is 22.4 Å². The van der Waals surface area contributed by atoms with Gasteiger partial charge in [-0.05, 0) is 78.7 Å². The Morgan fingerprint density at radius 2 is 1.90 bits per heavy atom. The first-order valence-corrected chi connectivity index (χ1v) is 15.8. The van der Waals surface area contributed by atoms with Crippen molar-refractivity contribution in [3.8, 4) is 0 Å². The van der Waals surface area contributed by atoms with Crippen molar-refractivity contribution in [1.29, 1.82) is 0 Å². The molecule has 2 aliphatic rings. The van der Waals surface area contributed by atoms with Gasteiger partial charge >= 0.3 is 5.97 Å². The topological polar surface area (TPSA) is 117 Å². The molecule has 0 unspecified atom stereocenters. The minimum atomic E-state index is -4.22. The van der Waals surface area contributed by atoms with Crippen LogP contribution in [0.2, 0.25) is 10.0 Å². The maximum absolute atomic E-state index is 13.8. The molecule has 0 saturated carbocycles. The Hall–Kier alpha value is -2.71. The minimum absolute atomic E-state index is 0.00257. The normalized spacial score (nSPS) is 15.3. The molecule has 0 aromatic heterocycles. The molecule has 2 aromatic rings. The van der Waals surface area contributed by atoms with E-state index in [-0.39, 0.29) is 37.1 Å². The average Bonchev–Trinajstić information content (AvgIpc) is 3.35. The van der Waals surface area contributed by atoms with Gasteiger partial charge in [-0.2, -0.15) is 0 Å². The SMILES string of the molecule is CC(C)(C)OC(=O)[C@H](Cc1ccc(F)c(Br)c1)NC(=O)c1cc(Cl)c(Cl)cc1NS(=O)(=O)C1=CC=CN2SNC=C12. The number of allylic oxidation sites excluding steroid dienone is 2. The number of carbonyl (C=O) groups is 2. The number of hydrogen-bond donors (Lipinski definition) is 3. The number of nitrogens with one attached hydrogen (secondary N) is 3. The summed E-state index contributed by atoms with van der Waals surface area (Å²) in [4.78, 5) is 26.6. The lowest BCUT2D eigenvalue weighted by Crippen LogP contribution is -2.45. The van der Waals surface area contributed by atoms with Crippen molar-refractivity contribution in [3.63, 3.8) is 0 Å². The summed E-state index contributed by atoms with van der Waals surface area (Å²) in [6.07, 6.45) is 6.14. The monoisotopic (exact) mass is 704 g/mol. The molecule has 4 rings (SSSR count). The third-order valence-electron chi connectivity index (χ3n) is 5.57. The zero-order valence-electron chi connectivity index (χ0n) is 21.8. The van der Waals surface area contributed by atoms with E-state index >= 15 is 0 Å². The molecule has 0 bridgehead atoms. The second-order valence-corrected chi connectivity index (χ2v) is 14.0. The maximum Gasteiger partial charge on any atom is 0.329 e. The summed E-state index contributed by atoms with van der Waals surface area (Å²) in [6, 6.07) is 5.38. The molecule has 2 aliphatic heterocycles. The summed E-state index contributed by atoms with van der Waals surface area (Å²) in [7, 11) is -4.22. The van der Waals surface area contributed by atoms with Crippen LogP contribution in [-0.4, -0.2) is 36.2 Å². The molecule has 218 valence electrons. The van der Waals surface area contributed by atoms with E-state index in [0.29, 0.717) is 11.3 Å². The highest BCUT2D eigenvalue weighted by Gasteiger charge is 2.32. The Kier molecular flexibility index (Phi) is 9.34. The van der Waals surface area contributed by atoms with E-state index in [9.17, 15) is 22.4 Å². The lowest BCUT2D eigenvalue weighted by molar-refractivity contribution is -0.157. The molecule has 15 heteroatoms. The van der Waals surface area contributed by atoms with Crippen molar-refractivity contribution in [2.24, 2.45) is 0 Å². The van der Waals surface area contributed by atoms with Gasteiger partial charge in [-0.15, -0.1) is 0 Å². The number of ether oxygens (including phenoxy) is 1. The number of halogens is 4. The summed E-state index contributed by atoms with van der Waals surface area (Å²) in [5.74, 6) is -2.06. The number of esters is 1. The first-order valence-electron chi connectivity index (χ1n) is 11.9. The van der Waals surface area contributed by atoms with Crippen molar-refractivity contribution in [3.05, 3.63) is 96.9 Å². The molecule has 9 nitrogen and oxygen atoms in total. The van der Waals surface area contributed by atoms with E-state index in [0.717, 1.165) is 0 Å². The second-order valence-electron chi connectivity index (χ2n) is 9.87. The predicted molar refractivity (Wildman–Crippen MR) is 162 cm³/mol. The average molecular weight is 706 g/mol. The minimum Gasteiger partial charge on any atom is -0.458 e. The molecule has 41 heavy (non-hydrogen) atoms. The molecule has 0 fully saturated rings. The first-order chi connectivity index (χ1) is 19.1. The first kappa shape index (κ1) is 31.2. The number of fused-ring (bicyclic) bond motifs is 1. The number of sulfonamides is 1. The number of anilines is 1. The molecule has 0 saturated heterocycles. The number of hydrogen-bond acceptors (Lipinski definition) is 8. The molecule has 1 atom stereocenters. The number of benzene rings is 2. The molecule has 0 radical (unpaired) electrons. The van der Waals surface area contributed by atoms with Crippen molar-refractivity contribution in [2.75, 3.05) is 4.72 Å². The Bertz CT molecular complexity index is 1610. The van der Waals surface area contributed by atoms with E-state index < -0.39 is 39.4 Å². The molecule has 0 aliphatic carbocycles. The second kappa shape index (κ2) is 12.3. The van der Waals surface area contributed by atoms with Crippen LogP contribution in [0.1, 0.15) is 36.7 Å². The van der Waals surface area contributed by atoms with Crippen LogP contribution in [0.3, 0.4) is 0 Å². The zero-order valence-corrected chi connectivity index (χ0v) is 26.5. The van der Waals surface area contributed by atoms with Crippen LogP contribution < -0.4 is 14.8 Å². The van der Waals surface area contributed by atoms with Crippen LogP contribution in [0.25, 0.3) is 0 Å². The van der Waals surface area contributed by atoms with Crippen LogP contribution in [0.5, 0.6) is 0 Å². The fraction of sp³-hybridized carbons (Fsp3) is 0.231. The fourth-order valence-corrected chi connectivity index (χ4v) is 6.52. The van der Waals surface area contributed by atoms with Crippen LogP contribution in [0, 0.1) is 5.82 Å². The third kappa shape index (κ3) is 7.58. The summed E-state index contributed by atoms with van der Waals surface area (Å²) in [5.41, 5.74) is -0.306. The summed E-state index contributed by atoms with van der Waals surface area (Å²) in [6.45, 7) is 5.02. The number of amides is 1. The van der Waals surface area contributed by atoms with Crippen molar-refractivity contribution in [1.82, 2.24) is 14.3 Å². The molecule has 1 amide bonds. The Balaban J connectivity index is 1.66. The van der Waals surface area contributed by atoms with Gasteiger partial charge in [-0.3, -0.25) is 13.8 Å². The van der Waals surface area contributed by atoms with Crippen molar-refractivity contribution < 1.29 is 27.1 Å². The zero-order chi connectivity index (χ0) is 30.1. The Morgan fingerprint density at radius 3 is 2.59 bits per heavy atom. The molecule has 2 aromatic carbocycles. The molecule has 2 heterocycles. The maximum atomic E-state index is 13.8. The summed E-state index contributed by atoms with van der Waals surface area (Å²) < 4.78 is 53.2. The smallest absolute Gasteiger partial charge is 0.329 e. The molecular weight excluding hydrogens is 682 g/mol. The molecule has 0 spiro atoms. The van der Waals surface area contributed by atoms with Crippen LogP contribution in [-0.2, 0) is 26.0 Å². The van der Waals surface area contributed by atoms with Gasteiger partial charge in [0.2, 0.25) is 0 Å². The number of rotatable bonds is 8.